The van der Waals surface area contributed by atoms with Crippen molar-refractivity contribution in [3.63, 3.8) is 0 Å². The molecule has 2 N–H and O–H groups in total. The van der Waals surface area contributed by atoms with Crippen molar-refractivity contribution in [1.82, 2.24) is 15.5 Å². The Morgan fingerprint density at radius 1 is 1.08 bits per heavy atom. The quantitative estimate of drug-likeness (QED) is 0.745. The molecule has 0 aromatic heterocycles. The summed E-state index contributed by atoms with van der Waals surface area (Å²) in [6.07, 6.45) is 0. The lowest BCUT2D eigenvalue weighted by Crippen LogP contribution is -2.48. The fraction of sp³-hybridized carbons (Fsp3) is 0.600. The number of nitrogens with one attached hydrogen (secondary N) is 2. The zero-order chi connectivity index (χ0) is 19.9. The van der Waals surface area contributed by atoms with Crippen molar-refractivity contribution in [2.45, 2.75) is 53.1 Å². The predicted octanol–water partition coefficient (Wildman–Crippen LogP) is 2.88. The number of carbonyl (C=O) groups is 2. The van der Waals surface area contributed by atoms with E-state index in [2.05, 4.69) is 10.6 Å². The first-order chi connectivity index (χ1) is 12.0. The number of rotatable bonds is 8. The highest BCUT2D eigenvalue weighted by molar-refractivity contribution is 5.81. The molecule has 5 nitrogen and oxygen atoms in total. The van der Waals surface area contributed by atoms with Gasteiger partial charge in [-0.05, 0) is 50.9 Å². The van der Waals surface area contributed by atoms with Gasteiger partial charge in [-0.2, -0.15) is 0 Å². The Kier molecular flexibility index (Phi) is 8.21. The molecule has 0 fully saturated rings. The number of likely N-dealkylation sites (N-methyl/N-ethyl adjacent to an activating group) is 1. The molecule has 0 aliphatic heterocycles. The van der Waals surface area contributed by atoms with Gasteiger partial charge in [0, 0.05) is 5.54 Å². The van der Waals surface area contributed by atoms with Gasteiger partial charge in [0.05, 0.1) is 19.1 Å². The van der Waals surface area contributed by atoms with E-state index >= 15 is 0 Å². The highest BCUT2D eigenvalue weighted by atomic mass is 19.1. The van der Waals surface area contributed by atoms with Crippen molar-refractivity contribution in [3.05, 3.63) is 35.6 Å². The van der Waals surface area contributed by atoms with Crippen LogP contribution in [-0.2, 0) is 9.59 Å². The number of hydrogen-bond acceptors (Lipinski definition) is 3. The average molecular weight is 365 g/mol. The molecule has 0 aliphatic carbocycles. The number of benzene rings is 1. The van der Waals surface area contributed by atoms with E-state index in [0.717, 1.165) is 5.56 Å². The highest BCUT2D eigenvalue weighted by Crippen LogP contribution is 2.21. The molecule has 0 heterocycles. The Hall–Kier alpha value is -1.95. The van der Waals surface area contributed by atoms with Crippen LogP contribution < -0.4 is 10.6 Å². The van der Waals surface area contributed by atoms with Gasteiger partial charge in [-0.25, -0.2) is 4.39 Å². The predicted molar refractivity (Wildman–Crippen MR) is 102 cm³/mol. The highest BCUT2D eigenvalue weighted by Gasteiger charge is 2.21. The molecule has 0 bridgehead atoms. The van der Waals surface area contributed by atoms with Crippen LogP contribution in [0.5, 0.6) is 0 Å². The van der Waals surface area contributed by atoms with Crippen LogP contribution in [0.1, 0.15) is 53.1 Å². The molecule has 0 spiro atoms. The molecule has 0 aliphatic rings. The van der Waals surface area contributed by atoms with Gasteiger partial charge in [0.1, 0.15) is 5.82 Å². The van der Waals surface area contributed by atoms with Crippen molar-refractivity contribution in [1.29, 1.82) is 0 Å². The molecule has 0 saturated carbocycles. The zero-order valence-electron chi connectivity index (χ0n) is 16.7. The van der Waals surface area contributed by atoms with E-state index in [9.17, 15) is 14.0 Å². The minimum atomic E-state index is -0.302. The smallest absolute Gasteiger partial charge is 0.234 e. The number of carbonyl (C=O) groups excluding carboxylic acids is 2. The molecule has 1 unspecified atom stereocenters. The molecule has 1 atom stereocenters. The number of halogens is 1. The molecule has 1 aromatic rings. The summed E-state index contributed by atoms with van der Waals surface area (Å²) < 4.78 is 13.1. The molecular weight excluding hydrogens is 333 g/mol. The normalized spacial score (nSPS) is 13.0. The summed E-state index contributed by atoms with van der Waals surface area (Å²) in [5.41, 5.74) is 0.563. The second kappa shape index (κ2) is 9.67. The Morgan fingerprint density at radius 3 is 2.08 bits per heavy atom. The van der Waals surface area contributed by atoms with Crippen molar-refractivity contribution >= 4 is 11.8 Å². The fourth-order valence-corrected chi connectivity index (χ4v) is 2.67. The van der Waals surface area contributed by atoms with Gasteiger partial charge in [0.15, 0.2) is 0 Å². The Balaban J connectivity index is 2.68. The maximum atomic E-state index is 13.1. The summed E-state index contributed by atoms with van der Waals surface area (Å²) in [6.45, 7) is 12.6. The lowest BCUT2D eigenvalue weighted by atomic mass is 9.96. The van der Waals surface area contributed by atoms with E-state index in [1.165, 1.54) is 12.1 Å². The third kappa shape index (κ3) is 7.95. The minimum Gasteiger partial charge on any atom is -0.350 e. The van der Waals surface area contributed by atoms with Gasteiger partial charge in [-0.1, -0.05) is 32.9 Å². The largest absolute Gasteiger partial charge is 0.350 e. The third-order valence-corrected chi connectivity index (χ3v) is 3.91. The fourth-order valence-electron chi connectivity index (χ4n) is 2.67. The molecule has 6 heteroatoms. The Bertz CT molecular complexity index is 594. The van der Waals surface area contributed by atoms with E-state index in [0.29, 0.717) is 6.54 Å². The van der Waals surface area contributed by atoms with Gasteiger partial charge >= 0.3 is 0 Å². The lowest BCUT2D eigenvalue weighted by Gasteiger charge is -2.27. The van der Waals surface area contributed by atoms with Crippen molar-refractivity contribution in [3.8, 4) is 0 Å². The van der Waals surface area contributed by atoms with Crippen LogP contribution in [-0.4, -0.2) is 41.9 Å². The molecule has 0 saturated heterocycles. The first kappa shape index (κ1) is 22.1. The molecule has 146 valence electrons. The maximum Gasteiger partial charge on any atom is 0.234 e. The average Bonchev–Trinajstić information content (AvgIpc) is 2.51. The van der Waals surface area contributed by atoms with Gasteiger partial charge in [-0.3, -0.25) is 14.5 Å². The van der Waals surface area contributed by atoms with Crippen LogP contribution in [0.15, 0.2) is 24.3 Å². The van der Waals surface area contributed by atoms with Gasteiger partial charge < -0.3 is 10.6 Å². The third-order valence-electron chi connectivity index (χ3n) is 3.91. The second-order valence-corrected chi connectivity index (χ2v) is 7.94. The molecule has 0 radical (unpaired) electrons. The van der Waals surface area contributed by atoms with Crippen LogP contribution in [0.4, 0.5) is 4.39 Å². The molecular formula is C20H32FN3O2. The van der Waals surface area contributed by atoms with E-state index in [4.69, 9.17) is 0 Å². The van der Waals surface area contributed by atoms with Crippen molar-refractivity contribution < 1.29 is 14.0 Å². The van der Waals surface area contributed by atoms with E-state index in [1.54, 1.807) is 17.0 Å². The van der Waals surface area contributed by atoms with Crippen LogP contribution in [0.3, 0.4) is 0 Å². The van der Waals surface area contributed by atoms with Gasteiger partial charge in [0.25, 0.3) is 0 Å². The first-order valence-electron chi connectivity index (χ1n) is 9.10. The monoisotopic (exact) mass is 365 g/mol. The van der Waals surface area contributed by atoms with Crippen molar-refractivity contribution in [2.75, 3.05) is 19.6 Å². The Labute approximate surface area is 156 Å². The summed E-state index contributed by atoms with van der Waals surface area (Å²) in [7, 11) is 0. The topological polar surface area (TPSA) is 61.4 Å². The summed E-state index contributed by atoms with van der Waals surface area (Å²) in [5, 5.41) is 5.90. The standard InChI is InChI=1S/C20H32FN3O2/c1-7-24(13-18(26)23-20(4,5)6)12-17(25)22-19(14(2)3)15-8-10-16(21)11-9-15/h8-11,14,19H,7,12-13H2,1-6H3,(H,22,25)(H,23,26). The van der Waals surface area contributed by atoms with Crippen LogP contribution in [0.25, 0.3) is 0 Å². The lowest BCUT2D eigenvalue weighted by molar-refractivity contribution is -0.126. The summed E-state index contributed by atoms with van der Waals surface area (Å²) in [6, 6.07) is 5.96. The summed E-state index contributed by atoms with van der Waals surface area (Å²) >= 11 is 0. The number of hydrogen-bond donors (Lipinski definition) is 2. The van der Waals surface area contributed by atoms with E-state index in [1.807, 2.05) is 41.5 Å². The number of nitrogens with zero attached hydrogens (tertiary/aromatic N) is 1. The maximum absolute atomic E-state index is 13.1. The molecule has 1 rings (SSSR count). The minimum absolute atomic E-state index is 0.105. The van der Waals surface area contributed by atoms with Gasteiger partial charge in [0.2, 0.25) is 11.8 Å². The second-order valence-electron chi connectivity index (χ2n) is 7.94. The Morgan fingerprint density at radius 2 is 1.62 bits per heavy atom. The summed E-state index contributed by atoms with van der Waals surface area (Å²) in [4.78, 5) is 26.3. The van der Waals surface area contributed by atoms with E-state index < -0.39 is 0 Å². The van der Waals surface area contributed by atoms with Crippen LogP contribution >= 0.6 is 0 Å². The molecule has 1 aromatic carbocycles. The van der Waals surface area contributed by atoms with Crippen LogP contribution in [0, 0.1) is 11.7 Å². The first-order valence-corrected chi connectivity index (χ1v) is 9.10. The molecule has 26 heavy (non-hydrogen) atoms. The van der Waals surface area contributed by atoms with E-state index in [-0.39, 0.29) is 48.2 Å². The van der Waals surface area contributed by atoms with Gasteiger partial charge in [-0.15, -0.1) is 0 Å². The summed E-state index contributed by atoms with van der Waals surface area (Å²) in [5.74, 6) is -0.405. The SMILES string of the molecule is CCN(CC(=O)NC(c1ccc(F)cc1)C(C)C)CC(=O)NC(C)(C)C. The molecule has 2 amide bonds. The van der Waals surface area contributed by atoms with Crippen molar-refractivity contribution in [2.24, 2.45) is 5.92 Å². The van der Waals surface area contributed by atoms with Crippen LogP contribution in [0.2, 0.25) is 0 Å². The number of amides is 2. The zero-order valence-corrected chi connectivity index (χ0v) is 16.7.